The van der Waals surface area contributed by atoms with E-state index < -0.39 is 66.3 Å². The van der Waals surface area contributed by atoms with Crippen LogP contribution >= 0.6 is 0 Å². The number of nitrogens with one attached hydrogen (secondary N) is 2. The molecule has 32 heavy (non-hydrogen) atoms. The number of aliphatic carboxylic acids is 2. The number of rotatable bonds is 13. The van der Waals surface area contributed by atoms with Crippen LogP contribution in [0.4, 0.5) is 0 Å². The lowest BCUT2D eigenvalue weighted by Crippen LogP contribution is -2.58. The molecule has 9 N–H and O–H groups in total. The van der Waals surface area contributed by atoms with E-state index in [1.807, 2.05) is 0 Å². The molecule has 0 aromatic rings. The number of nitrogens with two attached hydrogens (primary N) is 2. The van der Waals surface area contributed by atoms with E-state index in [0.29, 0.717) is 6.42 Å². The monoisotopic (exact) mass is 459 g/mol. The third kappa shape index (κ3) is 8.11. The van der Waals surface area contributed by atoms with E-state index >= 15 is 0 Å². The lowest BCUT2D eigenvalue weighted by atomic mass is 10.1. The summed E-state index contributed by atoms with van der Waals surface area (Å²) in [6.45, 7) is -0.690. The minimum Gasteiger partial charge on any atom is -0.481 e. The maximum atomic E-state index is 12.7. The molecule has 1 heterocycles. The van der Waals surface area contributed by atoms with Crippen LogP contribution in [0.3, 0.4) is 0 Å². The first-order chi connectivity index (χ1) is 15.0. The third-order valence-electron chi connectivity index (χ3n) is 4.94. The van der Waals surface area contributed by atoms with Crippen molar-refractivity contribution in [3.63, 3.8) is 0 Å². The van der Waals surface area contributed by atoms with Crippen molar-refractivity contribution >= 4 is 35.6 Å². The Kier molecular flexibility index (Phi) is 10.5. The van der Waals surface area contributed by atoms with Crippen LogP contribution in [0.1, 0.15) is 38.5 Å². The first-order valence-electron chi connectivity index (χ1n) is 9.98. The Morgan fingerprint density at radius 1 is 0.969 bits per heavy atom. The molecule has 1 fully saturated rings. The average molecular weight is 459 g/mol. The van der Waals surface area contributed by atoms with Crippen molar-refractivity contribution in [3.05, 3.63) is 0 Å². The Labute approximate surface area is 183 Å². The molecule has 180 valence electrons. The van der Waals surface area contributed by atoms with Gasteiger partial charge < -0.3 is 42.3 Å². The number of nitrogens with zero attached hydrogens (tertiary/aromatic N) is 1. The second-order valence-corrected chi connectivity index (χ2v) is 7.38. The lowest BCUT2D eigenvalue weighted by Gasteiger charge is -2.28. The summed E-state index contributed by atoms with van der Waals surface area (Å²) in [4.78, 5) is 71.6. The zero-order valence-corrected chi connectivity index (χ0v) is 17.4. The number of likely N-dealkylation sites (tertiary alicyclic amines) is 1. The molecule has 4 unspecified atom stereocenters. The van der Waals surface area contributed by atoms with Crippen LogP contribution in [0.25, 0.3) is 0 Å². The summed E-state index contributed by atoms with van der Waals surface area (Å²) in [7, 11) is 0. The van der Waals surface area contributed by atoms with Crippen LogP contribution in [0.15, 0.2) is 0 Å². The van der Waals surface area contributed by atoms with Gasteiger partial charge in [-0.15, -0.1) is 0 Å². The zero-order chi connectivity index (χ0) is 24.4. The first-order valence-corrected chi connectivity index (χ1v) is 9.98. The van der Waals surface area contributed by atoms with Gasteiger partial charge >= 0.3 is 11.9 Å². The summed E-state index contributed by atoms with van der Waals surface area (Å²) in [6, 6.07) is -5.16. The SMILES string of the molecule is NC(=O)CCC(NC(=O)C(N)CCC(=O)O)C(=O)NC(CO)C(=O)N1CCCC1C(=O)O. The van der Waals surface area contributed by atoms with E-state index in [0.717, 1.165) is 4.90 Å². The Balaban J connectivity index is 2.87. The normalized spacial score (nSPS) is 18.3. The molecule has 14 heteroatoms. The molecule has 0 bridgehead atoms. The van der Waals surface area contributed by atoms with E-state index in [1.165, 1.54) is 0 Å². The van der Waals surface area contributed by atoms with E-state index in [-0.39, 0.29) is 38.6 Å². The Bertz CT molecular complexity index is 744. The molecule has 0 aliphatic carbocycles. The molecule has 0 aromatic heterocycles. The van der Waals surface area contributed by atoms with Gasteiger partial charge in [0.2, 0.25) is 23.6 Å². The molecule has 4 atom stereocenters. The topological polar surface area (TPSA) is 242 Å². The molecule has 0 radical (unpaired) electrons. The number of hydrogen-bond acceptors (Lipinski definition) is 8. The number of carbonyl (C=O) groups excluding carboxylic acids is 4. The predicted molar refractivity (Wildman–Crippen MR) is 107 cm³/mol. The minimum absolute atomic E-state index is 0.141. The van der Waals surface area contributed by atoms with Crippen molar-refractivity contribution in [2.45, 2.75) is 62.7 Å². The number of hydrogen-bond donors (Lipinski definition) is 7. The fourth-order valence-electron chi connectivity index (χ4n) is 3.19. The van der Waals surface area contributed by atoms with Crippen molar-refractivity contribution in [1.82, 2.24) is 15.5 Å². The van der Waals surface area contributed by atoms with Crippen LogP contribution in [-0.2, 0) is 28.8 Å². The highest BCUT2D eigenvalue weighted by Crippen LogP contribution is 2.18. The molecule has 1 saturated heterocycles. The van der Waals surface area contributed by atoms with Crippen molar-refractivity contribution in [2.24, 2.45) is 11.5 Å². The smallest absolute Gasteiger partial charge is 0.326 e. The van der Waals surface area contributed by atoms with Gasteiger partial charge in [-0.3, -0.25) is 24.0 Å². The summed E-state index contributed by atoms with van der Waals surface area (Å²) in [5.74, 6) is -5.72. The third-order valence-corrected chi connectivity index (χ3v) is 4.94. The van der Waals surface area contributed by atoms with Crippen LogP contribution in [0.2, 0.25) is 0 Å². The molecule has 0 aromatic carbocycles. The van der Waals surface area contributed by atoms with Gasteiger partial charge in [0, 0.05) is 19.4 Å². The van der Waals surface area contributed by atoms with Crippen LogP contribution in [0, 0.1) is 0 Å². The van der Waals surface area contributed by atoms with Crippen LogP contribution in [0.5, 0.6) is 0 Å². The first kappa shape index (κ1) is 26.8. The Hall–Kier alpha value is -3.26. The molecular formula is C18H29N5O9. The van der Waals surface area contributed by atoms with Crippen LogP contribution < -0.4 is 22.1 Å². The van der Waals surface area contributed by atoms with Gasteiger partial charge in [-0.1, -0.05) is 0 Å². The van der Waals surface area contributed by atoms with E-state index in [2.05, 4.69) is 10.6 Å². The lowest BCUT2D eigenvalue weighted by molar-refractivity contribution is -0.150. The molecule has 1 rings (SSSR count). The van der Waals surface area contributed by atoms with E-state index in [9.17, 15) is 39.0 Å². The highest BCUT2D eigenvalue weighted by atomic mass is 16.4. The summed E-state index contributed by atoms with van der Waals surface area (Å²) in [5.41, 5.74) is 10.7. The van der Waals surface area contributed by atoms with Gasteiger partial charge in [0.15, 0.2) is 0 Å². The van der Waals surface area contributed by atoms with Crippen molar-refractivity contribution < 1.29 is 44.1 Å². The highest BCUT2D eigenvalue weighted by molar-refractivity contribution is 5.94. The molecule has 14 nitrogen and oxygen atoms in total. The second-order valence-electron chi connectivity index (χ2n) is 7.38. The van der Waals surface area contributed by atoms with Gasteiger partial charge in [-0.2, -0.15) is 0 Å². The molecule has 0 spiro atoms. The zero-order valence-electron chi connectivity index (χ0n) is 17.4. The van der Waals surface area contributed by atoms with Gasteiger partial charge in [-0.25, -0.2) is 4.79 Å². The maximum absolute atomic E-state index is 12.7. The summed E-state index contributed by atoms with van der Waals surface area (Å²) in [6.07, 6.45) is -0.442. The van der Waals surface area contributed by atoms with Crippen molar-refractivity contribution in [3.8, 4) is 0 Å². The van der Waals surface area contributed by atoms with Crippen molar-refractivity contribution in [2.75, 3.05) is 13.2 Å². The quantitative estimate of drug-likeness (QED) is 0.143. The Morgan fingerprint density at radius 3 is 2.12 bits per heavy atom. The second kappa shape index (κ2) is 12.6. The number of carboxylic acids is 2. The van der Waals surface area contributed by atoms with E-state index in [1.54, 1.807) is 0 Å². The summed E-state index contributed by atoms with van der Waals surface area (Å²) in [5, 5.41) is 32.0. The van der Waals surface area contributed by atoms with Gasteiger partial charge in [0.05, 0.1) is 12.6 Å². The number of aliphatic hydroxyl groups is 1. The molecule has 0 saturated carbocycles. The predicted octanol–water partition coefficient (Wildman–Crippen LogP) is -3.52. The standard InChI is InChI=1S/C18H29N5O9/c19-9(3-6-14(26)27)15(28)21-10(4-5-13(20)25)16(29)22-11(8-24)17(30)23-7-1-2-12(23)18(31)32/h9-12,24H,1-8,19H2,(H2,20,25)(H,21,28)(H,22,29)(H,26,27)(H,31,32). The fraction of sp³-hybridized carbons (Fsp3) is 0.667. The minimum atomic E-state index is -1.48. The molecule has 1 aliphatic heterocycles. The number of carbonyl (C=O) groups is 6. The average Bonchev–Trinajstić information content (AvgIpc) is 3.22. The number of aliphatic hydroxyl groups excluding tert-OH is 1. The summed E-state index contributed by atoms with van der Waals surface area (Å²) >= 11 is 0. The van der Waals surface area contributed by atoms with Crippen LogP contribution in [-0.4, -0.2) is 93.1 Å². The number of carboxylic acid groups (broad SMARTS) is 2. The number of primary amides is 1. The molecule has 1 aliphatic rings. The molecule has 4 amide bonds. The molecular weight excluding hydrogens is 430 g/mol. The highest BCUT2D eigenvalue weighted by Gasteiger charge is 2.38. The van der Waals surface area contributed by atoms with Gasteiger partial charge in [0.25, 0.3) is 0 Å². The largest absolute Gasteiger partial charge is 0.481 e. The Morgan fingerprint density at radius 2 is 1.59 bits per heavy atom. The van der Waals surface area contributed by atoms with E-state index in [4.69, 9.17) is 16.6 Å². The maximum Gasteiger partial charge on any atom is 0.326 e. The van der Waals surface area contributed by atoms with Gasteiger partial charge in [-0.05, 0) is 25.7 Å². The van der Waals surface area contributed by atoms with Gasteiger partial charge in [0.1, 0.15) is 18.1 Å². The summed E-state index contributed by atoms with van der Waals surface area (Å²) < 4.78 is 0. The number of amides is 4. The van der Waals surface area contributed by atoms with Crippen molar-refractivity contribution in [1.29, 1.82) is 0 Å². The fourth-order valence-corrected chi connectivity index (χ4v) is 3.19.